The first-order chi connectivity index (χ1) is 10.1. The van der Waals surface area contributed by atoms with E-state index < -0.39 is 0 Å². The van der Waals surface area contributed by atoms with Gasteiger partial charge in [-0.2, -0.15) is 0 Å². The van der Waals surface area contributed by atoms with Crippen LogP contribution in [0.25, 0.3) is 6.08 Å². The molecule has 0 unspecified atom stereocenters. The van der Waals surface area contributed by atoms with Crippen LogP contribution in [0.3, 0.4) is 0 Å². The molecule has 0 heterocycles. The van der Waals surface area contributed by atoms with Crippen molar-refractivity contribution in [1.82, 2.24) is 5.32 Å². The number of nitrogens with one attached hydrogen (secondary N) is 1. The number of benzene rings is 1. The molecular formula is C17H25NO3. The van der Waals surface area contributed by atoms with Gasteiger partial charge in [0.1, 0.15) is 5.75 Å². The number of amides is 1. The van der Waals surface area contributed by atoms with E-state index in [-0.39, 0.29) is 17.9 Å². The van der Waals surface area contributed by atoms with Crippen LogP contribution in [0.4, 0.5) is 0 Å². The SMILES string of the molecule is CCC(CC)(CO)CNC(=O)/C=C/c1ccccc1OC. The summed E-state index contributed by atoms with van der Waals surface area (Å²) in [5.74, 6) is 0.564. The van der Waals surface area contributed by atoms with Crippen molar-refractivity contribution in [3.05, 3.63) is 35.9 Å². The van der Waals surface area contributed by atoms with E-state index in [4.69, 9.17) is 4.74 Å². The second-order valence-corrected chi connectivity index (χ2v) is 5.16. The van der Waals surface area contributed by atoms with Crippen molar-refractivity contribution >= 4 is 12.0 Å². The highest BCUT2D eigenvalue weighted by Gasteiger charge is 2.25. The maximum atomic E-state index is 11.9. The third kappa shape index (κ3) is 4.90. The number of ether oxygens (including phenoxy) is 1. The van der Waals surface area contributed by atoms with Crippen LogP contribution in [0.15, 0.2) is 30.3 Å². The molecule has 0 aliphatic heterocycles. The van der Waals surface area contributed by atoms with Crippen LogP contribution in [0, 0.1) is 5.41 Å². The first-order valence-electron chi connectivity index (χ1n) is 7.30. The van der Waals surface area contributed by atoms with Gasteiger partial charge < -0.3 is 15.2 Å². The number of rotatable bonds is 8. The Morgan fingerprint density at radius 1 is 1.33 bits per heavy atom. The minimum atomic E-state index is -0.228. The average Bonchev–Trinajstić information content (AvgIpc) is 2.55. The van der Waals surface area contributed by atoms with Crippen molar-refractivity contribution in [3.63, 3.8) is 0 Å². The number of carbonyl (C=O) groups is 1. The highest BCUT2D eigenvalue weighted by atomic mass is 16.5. The van der Waals surface area contributed by atoms with E-state index in [1.807, 2.05) is 38.1 Å². The fraction of sp³-hybridized carbons (Fsp3) is 0.471. The van der Waals surface area contributed by atoms with Crippen molar-refractivity contribution in [1.29, 1.82) is 0 Å². The van der Waals surface area contributed by atoms with Crippen molar-refractivity contribution < 1.29 is 14.6 Å². The molecule has 4 nitrogen and oxygen atoms in total. The van der Waals surface area contributed by atoms with Crippen molar-refractivity contribution in [3.8, 4) is 5.75 Å². The molecule has 21 heavy (non-hydrogen) atoms. The van der Waals surface area contributed by atoms with Crippen LogP contribution in [0.5, 0.6) is 5.75 Å². The number of para-hydroxylation sites is 1. The molecule has 1 amide bonds. The van der Waals surface area contributed by atoms with Gasteiger partial charge >= 0.3 is 0 Å². The summed E-state index contributed by atoms with van der Waals surface area (Å²) in [6.45, 7) is 4.61. The highest BCUT2D eigenvalue weighted by Crippen LogP contribution is 2.24. The largest absolute Gasteiger partial charge is 0.496 e. The minimum Gasteiger partial charge on any atom is -0.496 e. The fourth-order valence-electron chi connectivity index (χ4n) is 2.08. The van der Waals surface area contributed by atoms with E-state index >= 15 is 0 Å². The van der Waals surface area contributed by atoms with Gasteiger partial charge in [0.05, 0.1) is 13.7 Å². The number of aliphatic hydroxyl groups is 1. The summed E-state index contributed by atoms with van der Waals surface area (Å²) in [5, 5.41) is 12.3. The van der Waals surface area contributed by atoms with E-state index in [0.717, 1.165) is 24.2 Å². The van der Waals surface area contributed by atoms with Crippen LogP contribution < -0.4 is 10.1 Å². The van der Waals surface area contributed by atoms with Gasteiger partial charge in [-0.15, -0.1) is 0 Å². The summed E-state index contributed by atoms with van der Waals surface area (Å²) in [7, 11) is 1.60. The monoisotopic (exact) mass is 291 g/mol. The molecule has 1 aromatic rings. The van der Waals surface area contributed by atoms with Crippen LogP contribution >= 0.6 is 0 Å². The van der Waals surface area contributed by atoms with E-state index in [1.54, 1.807) is 13.2 Å². The molecule has 0 fully saturated rings. The predicted octanol–water partition coefficient (Wildman–Crippen LogP) is 2.62. The summed E-state index contributed by atoms with van der Waals surface area (Å²) in [4.78, 5) is 11.9. The molecule has 1 rings (SSSR count). The Morgan fingerprint density at radius 2 is 2.00 bits per heavy atom. The maximum absolute atomic E-state index is 11.9. The Hall–Kier alpha value is -1.81. The van der Waals surface area contributed by atoms with Crippen LogP contribution in [-0.2, 0) is 4.79 Å². The molecule has 0 aliphatic carbocycles. The van der Waals surface area contributed by atoms with Crippen LogP contribution in [0.2, 0.25) is 0 Å². The molecule has 0 spiro atoms. The van der Waals surface area contributed by atoms with Crippen LogP contribution in [0.1, 0.15) is 32.3 Å². The molecular weight excluding hydrogens is 266 g/mol. The Balaban J connectivity index is 2.63. The standard InChI is InChI=1S/C17H25NO3/c1-4-17(5-2,13-19)12-18-16(20)11-10-14-8-6-7-9-15(14)21-3/h6-11,19H,4-5,12-13H2,1-3H3,(H,18,20)/b11-10+. The highest BCUT2D eigenvalue weighted by molar-refractivity contribution is 5.92. The fourth-order valence-corrected chi connectivity index (χ4v) is 2.08. The Labute approximate surface area is 126 Å². The number of hydrogen-bond acceptors (Lipinski definition) is 3. The van der Waals surface area contributed by atoms with Crippen LogP contribution in [-0.4, -0.2) is 31.3 Å². The summed E-state index contributed by atoms with van der Waals surface area (Å²) in [6, 6.07) is 7.51. The van der Waals surface area contributed by atoms with E-state index in [2.05, 4.69) is 5.32 Å². The summed E-state index contributed by atoms with van der Waals surface area (Å²) in [5.41, 5.74) is 0.628. The Bertz CT molecular complexity index is 470. The zero-order chi connectivity index (χ0) is 15.7. The van der Waals surface area contributed by atoms with Crippen molar-refractivity contribution in [2.75, 3.05) is 20.3 Å². The van der Waals surface area contributed by atoms with Gasteiger partial charge in [0.15, 0.2) is 0 Å². The van der Waals surface area contributed by atoms with Gasteiger partial charge in [0.2, 0.25) is 5.91 Å². The van der Waals surface area contributed by atoms with Gasteiger partial charge in [-0.3, -0.25) is 4.79 Å². The van der Waals surface area contributed by atoms with Gasteiger partial charge in [0.25, 0.3) is 0 Å². The summed E-state index contributed by atoms with van der Waals surface area (Å²) < 4.78 is 5.23. The topological polar surface area (TPSA) is 58.6 Å². The number of carbonyl (C=O) groups excluding carboxylic acids is 1. The van der Waals surface area contributed by atoms with E-state index in [9.17, 15) is 9.90 Å². The average molecular weight is 291 g/mol. The maximum Gasteiger partial charge on any atom is 0.244 e. The summed E-state index contributed by atoms with van der Waals surface area (Å²) in [6.07, 6.45) is 4.88. The minimum absolute atomic E-state index is 0.0799. The second kappa shape index (κ2) is 8.47. The lowest BCUT2D eigenvalue weighted by Crippen LogP contribution is -2.38. The second-order valence-electron chi connectivity index (χ2n) is 5.16. The third-order valence-electron chi connectivity index (χ3n) is 4.03. The number of methoxy groups -OCH3 is 1. The molecule has 0 aromatic heterocycles. The molecule has 0 saturated carbocycles. The van der Waals surface area contributed by atoms with Gasteiger partial charge in [-0.1, -0.05) is 32.0 Å². The Morgan fingerprint density at radius 3 is 2.57 bits per heavy atom. The lowest BCUT2D eigenvalue weighted by atomic mass is 9.83. The normalized spacial score (nSPS) is 11.6. The molecule has 0 saturated heterocycles. The summed E-state index contributed by atoms with van der Waals surface area (Å²) >= 11 is 0. The first kappa shape index (κ1) is 17.2. The number of hydrogen-bond donors (Lipinski definition) is 2. The van der Waals surface area contributed by atoms with E-state index in [1.165, 1.54) is 6.08 Å². The molecule has 0 atom stereocenters. The van der Waals surface area contributed by atoms with Crippen molar-refractivity contribution in [2.24, 2.45) is 5.41 Å². The smallest absolute Gasteiger partial charge is 0.244 e. The van der Waals surface area contributed by atoms with Crippen molar-refractivity contribution in [2.45, 2.75) is 26.7 Å². The molecule has 0 aliphatic rings. The molecule has 4 heteroatoms. The lowest BCUT2D eigenvalue weighted by Gasteiger charge is -2.29. The third-order valence-corrected chi connectivity index (χ3v) is 4.03. The quantitative estimate of drug-likeness (QED) is 0.724. The van der Waals surface area contributed by atoms with Gasteiger partial charge in [0, 0.05) is 23.6 Å². The first-order valence-corrected chi connectivity index (χ1v) is 7.30. The molecule has 116 valence electrons. The predicted molar refractivity (Wildman–Crippen MR) is 85.1 cm³/mol. The molecule has 1 aromatic carbocycles. The lowest BCUT2D eigenvalue weighted by molar-refractivity contribution is -0.117. The molecule has 0 radical (unpaired) electrons. The molecule has 0 bridgehead atoms. The van der Waals surface area contributed by atoms with Gasteiger partial charge in [-0.25, -0.2) is 0 Å². The van der Waals surface area contributed by atoms with E-state index in [0.29, 0.717) is 6.54 Å². The van der Waals surface area contributed by atoms with Gasteiger partial charge in [-0.05, 0) is 25.0 Å². The molecule has 2 N–H and O–H groups in total. The zero-order valence-corrected chi connectivity index (χ0v) is 13.1. The zero-order valence-electron chi connectivity index (χ0n) is 13.1. The Kier molecular flexibility index (Phi) is 6.96. The number of aliphatic hydroxyl groups excluding tert-OH is 1.